The summed E-state index contributed by atoms with van der Waals surface area (Å²) < 4.78 is 14.0. The predicted molar refractivity (Wildman–Crippen MR) is 115 cm³/mol. The molecule has 2 amide bonds. The highest BCUT2D eigenvalue weighted by Gasteiger charge is 2.53. The van der Waals surface area contributed by atoms with Crippen molar-refractivity contribution in [2.75, 3.05) is 0 Å². The normalized spacial score (nSPS) is 19.6. The van der Waals surface area contributed by atoms with Crippen LogP contribution in [0.1, 0.15) is 36.0 Å². The van der Waals surface area contributed by atoms with E-state index in [0.717, 1.165) is 11.1 Å². The minimum absolute atomic E-state index is 0.0512. The van der Waals surface area contributed by atoms with E-state index in [2.05, 4.69) is 5.32 Å². The van der Waals surface area contributed by atoms with Crippen LogP contribution >= 0.6 is 0 Å². The topological polar surface area (TPSA) is 113 Å². The van der Waals surface area contributed by atoms with Gasteiger partial charge in [-0.05, 0) is 42.0 Å². The van der Waals surface area contributed by atoms with Gasteiger partial charge in [-0.2, -0.15) is 0 Å². The highest BCUT2D eigenvalue weighted by Crippen LogP contribution is 2.36. The van der Waals surface area contributed by atoms with Crippen LogP contribution in [-0.2, 0) is 33.8 Å². The van der Waals surface area contributed by atoms with E-state index in [1.54, 1.807) is 18.2 Å². The monoisotopic (exact) mass is 439 g/mol. The highest BCUT2D eigenvalue weighted by atomic mass is 19.1. The summed E-state index contributed by atoms with van der Waals surface area (Å²) in [6, 6.07) is 12.4. The minimum atomic E-state index is -1.23. The number of aliphatic carboxylic acids is 1. The van der Waals surface area contributed by atoms with Gasteiger partial charge in [-0.1, -0.05) is 42.5 Å². The summed E-state index contributed by atoms with van der Waals surface area (Å²) in [4.78, 5) is 39.2. The number of fused-ring (bicyclic) bond motifs is 1. The zero-order valence-electron chi connectivity index (χ0n) is 17.6. The number of carboxylic acids is 1. The lowest BCUT2D eigenvalue weighted by Crippen LogP contribution is -2.56. The Morgan fingerprint density at radius 1 is 1.12 bits per heavy atom. The van der Waals surface area contributed by atoms with Crippen LogP contribution in [0.4, 0.5) is 4.39 Å². The molecule has 8 heteroatoms. The van der Waals surface area contributed by atoms with Crippen LogP contribution in [0.15, 0.2) is 48.5 Å². The van der Waals surface area contributed by atoms with Crippen molar-refractivity contribution in [2.24, 2.45) is 5.73 Å². The molecule has 32 heavy (non-hydrogen) atoms. The van der Waals surface area contributed by atoms with Gasteiger partial charge in [0.1, 0.15) is 17.4 Å². The number of carbonyl (C=O) groups excluding carboxylic acids is 2. The van der Waals surface area contributed by atoms with Crippen molar-refractivity contribution in [3.8, 4) is 0 Å². The SMILES string of the molecule is NC(CC(=O)N1Cc2ccccc2CC1C(=O)NC1(C(=O)O)CC1)Cc1ccccc1F. The molecule has 168 valence electrons. The Bertz CT molecular complexity index is 1050. The maximum Gasteiger partial charge on any atom is 0.329 e. The summed E-state index contributed by atoms with van der Waals surface area (Å²) in [6.45, 7) is 0.236. The summed E-state index contributed by atoms with van der Waals surface area (Å²) in [6.07, 6.45) is 1.19. The molecule has 0 saturated heterocycles. The first-order valence-electron chi connectivity index (χ1n) is 10.7. The summed E-state index contributed by atoms with van der Waals surface area (Å²) in [7, 11) is 0. The van der Waals surface area contributed by atoms with Gasteiger partial charge in [-0.3, -0.25) is 9.59 Å². The standard InChI is InChI=1S/C24H26FN3O4/c25-19-8-4-3-6-16(19)11-18(26)13-21(29)28-14-17-7-2-1-5-15(17)12-20(28)22(30)27-24(9-10-24)23(31)32/h1-8,18,20H,9-14,26H2,(H,27,30)(H,31,32). The number of nitrogens with zero attached hydrogens (tertiary/aromatic N) is 1. The molecule has 4 rings (SSSR count). The smallest absolute Gasteiger partial charge is 0.329 e. The van der Waals surface area contributed by atoms with E-state index in [4.69, 9.17) is 5.73 Å². The van der Waals surface area contributed by atoms with Crippen LogP contribution in [0.5, 0.6) is 0 Å². The third-order valence-electron chi connectivity index (χ3n) is 6.27. The second-order valence-corrected chi connectivity index (χ2v) is 8.65. The number of carbonyl (C=O) groups is 3. The molecule has 1 saturated carbocycles. The van der Waals surface area contributed by atoms with Gasteiger partial charge in [0, 0.05) is 25.4 Å². The van der Waals surface area contributed by atoms with Crippen LogP contribution in [0, 0.1) is 5.82 Å². The number of halogens is 1. The molecule has 1 aliphatic carbocycles. The quantitative estimate of drug-likeness (QED) is 0.609. The van der Waals surface area contributed by atoms with Gasteiger partial charge < -0.3 is 21.1 Å². The second-order valence-electron chi connectivity index (χ2n) is 8.65. The van der Waals surface area contributed by atoms with E-state index in [0.29, 0.717) is 24.8 Å². The van der Waals surface area contributed by atoms with Gasteiger partial charge in [-0.15, -0.1) is 0 Å². The number of hydrogen-bond acceptors (Lipinski definition) is 4. The van der Waals surface area contributed by atoms with Gasteiger partial charge in [-0.25, -0.2) is 9.18 Å². The fourth-order valence-electron chi connectivity index (χ4n) is 4.22. The molecule has 1 heterocycles. The molecule has 1 fully saturated rings. The van der Waals surface area contributed by atoms with Crippen LogP contribution in [0.25, 0.3) is 0 Å². The Morgan fingerprint density at radius 2 is 1.78 bits per heavy atom. The Morgan fingerprint density at radius 3 is 2.44 bits per heavy atom. The van der Waals surface area contributed by atoms with E-state index >= 15 is 0 Å². The largest absolute Gasteiger partial charge is 0.480 e. The molecule has 2 unspecified atom stereocenters. The number of nitrogens with one attached hydrogen (secondary N) is 1. The second kappa shape index (κ2) is 8.70. The number of rotatable bonds is 7. The molecule has 0 spiro atoms. The van der Waals surface area contributed by atoms with Crippen LogP contribution in [0.3, 0.4) is 0 Å². The fraction of sp³-hybridized carbons (Fsp3) is 0.375. The maximum atomic E-state index is 14.0. The molecule has 2 aromatic carbocycles. The predicted octanol–water partition coefficient (Wildman–Crippen LogP) is 1.77. The molecule has 0 aromatic heterocycles. The Labute approximate surface area is 185 Å². The number of amides is 2. The molecule has 2 aromatic rings. The number of hydrogen-bond donors (Lipinski definition) is 3. The van der Waals surface area contributed by atoms with E-state index < -0.39 is 29.5 Å². The van der Waals surface area contributed by atoms with Crippen molar-refractivity contribution in [3.05, 3.63) is 71.0 Å². The summed E-state index contributed by atoms with van der Waals surface area (Å²) >= 11 is 0. The molecule has 0 radical (unpaired) electrons. The molecule has 2 aliphatic rings. The van der Waals surface area contributed by atoms with E-state index in [1.165, 1.54) is 11.0 Å². The molecule has 4 N–H and O–H groups in total. The van der Waals surface area contributed by atoms with Crippen molar-refractivity contribution in [3.63, 3.8) is 0 Å². The first-order valence-corrected chi connectivity index (χ1v) is 10.7. The van der Waals surface area contributed by atoms with Gasteiger partial charge >= 0.3 is 5.97 Å². The molecule has 7 nitrogen and oxygen atoms in total. The molecular formula is C24H26FN3O4. The Balaban J connectivity index is 1.50. The average molecular weight is 439 g/mol. The summed E-state index contributed by atoms with van der Waals surface area (Å²) in [5, 5.41) is 12.1. The van der Waals surface area contributed by atoms with E-state index in [-0.39, 0.29) is 31.1 Å². The van der Waals surface area contributed by atoms with Gasteiger partial charge in [0.2, 0.25) is 11.8 Å². The highest BCUT2D eigenvalue weighted by molar-refractivity contribution is 5.94. The zero-order chi connectivity index (χ0) is 22.9. The van der Waals surface area contributed by atoms with Crippen molar-refractivity contribution < 1.29 is 23.9 Å². The lowest BCUT2D eigenvalue weighted by Gasteiger charge is -2.37. The third-order valence-corrected chi connectivity index (χ3v) is 6.27. The van der Waals surface area contributed by atoms with Crippen LogP contribution in [-0.4, -0.2) is 45.4 Å². The lowest BCUT2D eigenvalue weighted by molar-refractivity contribution is -0.146. The first kappa shape index (κ1) is 22.0. The maximum absolute atomic E-state index is 14.0. The molecule has 1 aliphatic heterocycles. The van der Waals surface area contributed by atoms with E-state index in [1.807, 2.05) is 24.3 Å². The Hall–Kier alpha value is -3.26. The molecule has 0 bridgehead atoms. The fourth-order valence-corrected chi connectivity index (χ4v) is 4.22. The minimum Gasteiger partial charge on any atom is -0.480 e. The van der Waals surface area contributed by atoms with Crippen molar-refractivity contribution in [2.45, 2.75) is 56.3 Å². The van der Waals surface area contributed by atoms with Crippen molar-refractivity contribution in [1.29, 1.82) is 0 Å². The average Bonchev–Trinajstić information content (AvgIpc) is 3.55. The van der Waals surface area contributed by atoms with Gasteiger partial charge in [0.15, 0.2) is 0 Å². The van der Waals surface area contributed by atoms with Crippen molar-refractivity contribution >= 4 is 17.8 Å². The number of carboxylic acid groups (broad SMARTS) is 1. The van der Waals surface area contributed by atoms with Crippen LogP contribution < -0.4 is 11.1 Å². The zero-order valence-corrected chi connectivity index (χ0v) is 17.6. The number of nitrogens with two attached hydrogens (primary N) is 1. The third kappa shape index (κ3) is 4.50. The van der Waals surface area contributed by atoms with Gasteiger partial charge in [0.25, 0.3) is 0 Å². The van der Waals surface area contributed by atoms with Crippen LogP contribution in [0.2, 0.25) is 0 Å². The summed E-state index contributed by atoms with van der Waals surface area (Å²) in [5.74, 6) is -2.23. The molecular weight excluding hydrogens is 413 g/mol. The van der Waals surface area contributed by atoms with Crippen molar-refractivity contribution in [1.82, 2.24) is 10.2 Å². The lowest BCUT2D eigenvalue weighted by atomic mass is 9.92. The van der Waals surface area contributed by atoms with Gasteiger partial charge in [0.05, 0.1) is 0 Å². The Kier molecular flexibility index (Phi) is 5.97. The van der Waals surface area contributed by atoms with E-state index in [9.17, 15) is 23.9 Å². The summed E-state index contributed by atoms with van der Waals surface area (Å²) in [5.41, 5.74) is 7.25. The number of benzene rings is 2. The molecule has 2 atom stereocenters. The first-order chi connectivity index (χ1) is 15.3.